The summed E-state index contributed by atoms with van der Waals surface area (Å²) in [5.74, 6) is 2.03. The zero-order chi connectivity index (χ0) is 20.9. The zero-order valence-corrected chi connectivity index (χ0v) is 18.1. The number of thiophene rings is 1. The first-order valence-electron chi connectivity index (χ1n) is 10.2. The molecule has 6 heteroatoms. The predicted molar refractivity (Wildman–Crippen MR) is 118 cm³/mol. The van der Waals surface area contributed by atoms with E-state index >= 15 is 0 Å². The van der Waals surface area contributed by atoms with E-state index in [0.29, 0.717) is 30.6 Å². The van der Waals surface area contributed by atoms with Crippen molar-refractivity contribution in [1.82, 2.24) is 10.3 Å². The number of hydrogen-bond donors (Lipinski definition) is 1. The first kappa shape index (κ1) is 20.4. The Balaban J connectivity index is 1.38. The fraction of sp³-hybridized carbons (Fsp3) is 0.333. The van der Waals surface area contributed by atoms with Gasteiger partial charge in [-0.05, 0) is 66.1 Å². The van der Waals surface area contributed by atoms with Crippen molar-refractivity contribution in [3.8, 4) is 11.5 Å². The molecule has 0 spiro atoms. The molecule has 3 aromatic rings. The topological polar surface area (TPSA) is 60.5 Å². The summed E-state index contributed by atoms with van der Waals surface area (Å²) >= 11 is 1.72. The van der Waals surface area contributed by atoms with Gasteiger partial charge in [0.2, 0.25) is 0 Å². The highest BCUT2D eigenvalue weighted by Crippen LogP contribution is 2.33. The third kappa shape index (κ3) is 4.65. The molecule has 2 aromatic heterocycles. The molecule has 0 fully saturated rings. The van der Waals surface area contributed by atoms with E-state index in [9.17, 15) is 4.79 Å². The van der Waals surface area contributed by atoms with Gasteiger partial charge in [0, 0.05) is 29.2 Å². The number of fused-ring (bicyclic) bond motifs is 1. The SMILES string of the molecule is COc1cc(CNC(=O)c2csc3c2CCC(C)C3)ccc1OCc1ccncc1. The molecule has 1 unspecified atom stereocenters. The average Bonchev–Trinajstić information content (AvgIpc) is 3.20. The number of hydrogen-bond acceptors (Lipinski definition) is 5. The second-order valence-corrected chi connectivity index (χ2v) is 8.68. The molecule has 1 aliphatic carbocycles. The molecule has 1 aromatic carbocycles. The van der Waals surface area contributed by atoms with Gasteiger partial charge in [-0.3, -0.25) is 9.78 Å². The lowest BCUT2D eigenvalue weighted by Gasteiger charge is -2.19. The van der Waals surface area contributed by atoms with Crippen molar-refractivity contribution >= 4 is 17.2 Å². The maximum atomic E-state index is 12.7. The van der Waals surface area contributed by atoms with Gasteiger partial charge in [0.05, 0.1) is 12.7 Å². The minimum absolute atomic E-state index is 0.000895. The molecule has 1 amide bonds. The third-order valence-electron chi connectivity index (χ3n) is 5.47. The van der Waals surface area contributed by atoms with Crippen LogP contribution in [0.25, 0.3) is 0 Å². The van der Waals surface area contributed by atoms with Crippen LogP contribution in [0.1, 0.15) is 45.3 Å². The zero-order valence-electron chi connectivity index (χ0n) is 17.3. The average molecular weight is 423 g/mol. The van der Waals surface area contributed by atoms with Gasteiger partial charge in [-0.1, -0.05) is 13.0 Å². The molecule has 156 valence electrons. The summed E-state index contributed by atoms with van der Waals surface area (Å²) in [6, 6.07) is 9.58. The number of rotatable bonds is 7. The summed E-state index contributed by atoms with van der Waals surface area (Å²) in [6.07, 6.45) is 6.73. The van der Waals surface area contributed by atoms with Gasteiger partial charge in [0.1, 0.15) is 6.61 Å². The molecule has 0 radical (unpaired) electrons. The minimum Gasteiger partial charge on any atom is -0.493 e. The summed E-state index contributed by atoms with van der Waals surface area (Å²) < 4.78 is 11.4. The second kappa shape index (κ2) is 9.30. The van der Waals surface area contributed by atoms with Gasteiger partial charge in [-0.15, -0.1) is 11.3 Å². The molecule has 0 saturated heterocycles. The number of nitrogens with zero attached hydrogens (tertiary/aromatic N) is 1. The monoisotopic (exact) mass is 422 g/mol. The number of methoxy groups -OCH3 is 1. The van der Waals surface area contributed by atoms with Crippen LogP contribution in [0, 0.1) is 5.92 Å². The van der Waals surface area contributed by atoms with Crippen LogP contribution in [-0.4, -0.2) is 18.0 Å². The van der Waals surface area contributed by atoms with Gasteiger partial charge >= 0.3 is 0 Å². The van der Waals surface area contributed by atoms with Gasteiger partial charge in [-0.2, -0.15) is 0 Å². The number of nitrogens with one attached hydrogen (secondary N) is 1. The van der Waals surface area contributed by atoms with Gasteiger partial charge in [0.25, 0.3) is 5.91 Å². The highest BCUT2D eigenvalue weighted by atomic mass is 32.1. The Morgan fingerprint density at radius 1 is 1.20 bits per heavy atom. The van der Waals surface area contributed by atoms with E-state index in [4.69, 9.17) is 9.47 Å². The largest absolute Gasteiger partial charge is 0.493 e. The second-order valence-electron chi connectivity index (χ2n) is 7.71. The first-order chi connectivity index (χ1) is 14.6. The molecule has 5 nitrogen and oxygen atoms in total. The van der Waals surface area contributed by atoms with Crippen molar-refractivity contribution in [2.24, 2.45) is 5.92 Å². The maximum absolute atomic E-state index is 12.7. The Bertz CT molecular complexity index is 1020. The van der Waals surface area contributed by atoms with E-state index in [1.165, 1.54) is 10.4 Å². The number of benzene rings is 1. The van der Waals surface area contributed by atoms with Crippen LogP contribution in [0.5, 0.6) is 11.5 Å². The molecule has 2 heterocycles. The fourth-order valence-corrected chi connectivity index (χ4v) is 4.97. The van der Waals surface area contributed by atoms with Crippen LogP contribution in [-0.2, 0) is 26.0 Å². The molecule has 0 aliphatic heterocycles. The third-order valence-corrected chi connectivity index (χ3v) is 6.52. The maximum Gasteiger partial charge on any atom is 0.252 e. The summed E-state index contributed by atoms with van der Waals surface area (Å²) in [6.45, 7) is 3.16. The number of carbonyl (C=O) groups excluding carboxylic acids is 1. The minimum atomic E-state index is -0.000895. The van der Waals surface area contributed by atoms with Gasteiger partial charge in [-0.25, -0.2) is 0 Å². The molecular formula is C24H26N2O3S. The summed E-state index contributed by atoms with van der Waals surface area (Å²) in [7, 11) is 1.62. The number of aromatic nitrogens is 1. The molecule has 0 saturated carbocycles. The Labute approximate surface area is 181 Å². The highest BCUT2D eigenvalue weighted by molar-refractivity contribution is 7.10. The van der Waals surface area contributed by atoms with Crippen molar-refractivity contribution < 1.29 is 14.3 Å². The summed E-state index contributed by atoms with van der Waals surface area (Å²) in [4.78, 5) is 18.1. The van der Waals surface area contributed by atoms with Crippen LogP contribution in [0.2, 0.25) is 0 Å². The first-order valence-corrected chi connectivity index (χ1v) is 11.1. The lowest BCUT2D eigenvalue weighted by molar-refractivity contribution is 0.0950. The van der Waals surface area contributed by atoms with E-state index in [2.05, 4.69) is 17.2 Å². The Hall–Kier alpha value is -2.86. The van der Waals surface area contributed by atoms with Crippen molar-refractivity contribution in [2.75, 3.05) is 7.11 Å². The standard InChI is InChI=1S/C24H26N2O3S/c1-16-3-5-19-20(15-30-23(19)11-16)24(27)26-13-18-4-6-21(22(12-18)28-2)29-14-17-7-9-25-10-8-17/h4,6-10,12,15-16H,3,5,11,13-14H2,1-2H3,(H,26,27). The molecule has 1 N–H and O–H groups in total. The lowest BCUT2D eigenvalue weighted by atomic mass is 9.88. The van der Waals surface area contributed by atoms with Crippen LogP contribution >= 0.6 is 11.3 Å². The molecule has 30 heavy (non-hydrogen) atoms. The van der Waals surface area contributed by atoms with Gasteiger partial charge in [0.15, 0.2) is 11.5 Å². The van der Waals surface area contributed by atoms with Crippen molar-refractivity contribution in [3.63, 3.8) is 0 Å². The quantitative estimate of drug-likeness (QED) is 0.595. The van der Waals surface area contributed by atoms with Crippen molar-refractivity contribution in [1.29, 1.82) is 0 Å². The number of carbonyl (C=O) groups is 1. The van der Waals surface area contributed by atoms with Crippen LogP contribution in [0.15, 0.2) is 48.1 Å². The number of amides is 1. The number of ether oxygens (including phenoxy) is 2. The van der Waals surface area contributed by atoms with Crippen LogP contribution < -0.4 is 14.8 Å². The van der Waals surface area contributed by atoms with Crippen molar-refractivity contribution in [2.45, 2.75) is 39.3 Å². The summed E-state index contributed by atoms with van der Waals surface area (Å²) in [5, 5.41) is 5.06. The van der Waals surface area contributed by atoms with E-state index in [1.54, 1.807) is 30.8 Å². The van der Waals surface area contributed by atoms with Gasteiger partial charge < -0.3 is 14.8 Å². The summed E-state index contributed by atoms with van der Waals surface area (Å²) in [5.41, 5.74) is 4.09. The highest BCUT2D eigenvalue weighted by Gasteiger charge is 2.23. The predicted octanol–water partition coefficient (Wildman–Crippen LogP) is 4.79. The lowest BCUT2D eigenvalue weighted by Crippen LogP contribution is -2.24. The van der Waals surface area contributed by atoms with E-state index in [-0.39, 0.29) is 5.91 Å². The molecule has 1 atom stereocenters. The van der Waals surface area contributed by atoms with E-state index in [0.717, 1.165) is 36.0 Å². The smallest absolute Gasteiger partial charge is 0.252 e. The van der Waals surface area contributed by atoms with Crippen LogP contribution in [0.3, 0.4) is 0 Å². The Kier molecular flexibility index (Phi) is 6.33. The van der Waals surface area contributed by atoms with Crippen molar-refractivity contribution in [3.05, 3.63) is 75.2 Å². The van der Waals surface area contributed by atoms with Crippen LogP contribution in [0.4, 0.5) is 0 Å². The molecule has 0 bridgehead atoms. The fourth-order valence-electron chi connectivity index (χ4n) is 3.73. The Morgan fingerprint density at radius 2 is 2.03 bits per heavy atom. The molecule has 4 rings (SSSR count). The van der Waals surface area contributed by atoms with E-state index in [1.807, 2.05) is 35.7 Å². The number of pyridine rings is 1. The normalized spacial score (nSPS) is 15.3. The van der Waals surface area contributed by atoms with E-state index < -0.39 is 0 Å². The Morgan fingerprint density at radius 3 is 2.83 bits per heavy atom. The molecule has 1 aliphatic rings. The molecular weight excluding hydrogens is 396 g/mol.